The molecule has 2 nitrogen and oxygen atoms in total. The van der Waals surface area contributed by atoms with Crippen LogP contribution in [0, 0.1) is 0 Å². The Bertz CT molecular complexity index is 238. The molecule has 0 aliphatic rings. The second-order valence-corrected chi connectivity index (χ2v) is 5.10. The fourth-order valence-corrected chi connectivity index (χ4v) is 2.46. The van der Waals surface area contributed by atoms with Gasteiger partial charge in [-0.2, -0.15) is 0 Å². The average molecular weight is 209 g/mol. The van der Waals surface area contributed by atoms with Crippen molar-refractivity contribution in [3.8, 4) is 0 Å². The zero-order valence-corrected chi connectivity index (χ0v) is 9.82. The summed E-state index contributed by atoms with van der Waals surface area (Å²) in [7, 11) is 0.914. The molecule has 0 N–H and O–H groups in total. The third-order valence-electron chi connectivity index (χ3n) is 1.99. The summed E-state index contributed by atoms with van der Waals surface area (Å²) in [5.41, 5.74) is 0. The number of hydrogen-bond donors (Lipinski definition) is 0. The highest BCUT2D eigenvalue weighted by molar-refractivity contribution is 6.66. The third-order valence-corrected chi connectivity index (χ3v) is 3.78. The molecule has 0 spiro atoms. The highest BCUT2D eigenvalue weighted by atomic mass is 28.3. The molecule has 1 radical (unpaired) electrons. The van der Waals surface area contributed by atoms with Crippen molar-refractivity contribution in [2.45, 2.75) is 13.0 Å². The molecule has 0 heterocycles. The summed E-state index contributed by atoms with van der Waals surface area (Å²) in [5.74, 6) is 0. The summed E-state index contributed by atoms with van der Waals surface area (Å²) in [6, 6.07) is 10.4. The zero-order valence-electron chi connectivity index (χ0n) is 8.82. The molecular formula is C11H17O2Si. The number of methoxy groups -OCH3 is 1. The van der Waals surface area contributed by atoms with Gasteiger partial charge in [0.15, 0.2) is 0 Å². The van der Waals surface area contributed by atoms with Crippen LogP contribution in [-0.2, 0) is 9.16 Å². The third kappa shape index (κ3) is 4.04. The Hall–Kier alpha value is -0.643. The van der Waals surface area contributed by atoms with Gasteiger partial charge in [-0.15, -0.1) is 0 Å². The zero-order chi connectivity index (χ0) is 10.2. The van der Waals surface area contributed by atoms with Gasteiger partial charge in [0.05, 0.1) is 0 Å². The molecular weight excluding hydrogens is 192 g/mol. The van der Waals surface area contributed by atoms with Gasteiger partial charge in [-0.05, 0) is 18.2 Å². The van der Waals surface area contributed by atoms with E-state index in [0.29, 0.717) is 0 Å². The molecule has 3 heteroatoms. The van der Waals surface area contributed by atoms with E-state index in [4.69, 9.17) is 9.16 Å². The number of benzene rings is 1. The molecule has 0 unspecified atom stereocenters. The van der Waals surface area contributed by atoms with Crippen LogP contribution < -0.4 is 5.19 Å². The predicted molar refractivity (Wildman–Crippen MR) is 60.1 cm³/mol. The van der Waals surface area contributed by atoms with E-state index in [1.165, 1.54) is 5.19 Å². The number of hydrogen-bond acceptors (Lipinski definition) is 2. The lowest BCUT2D eigenvalue weighted by Crippen LogP contribution is -2.30. The van der Waals surface area contributed by atoms with Crippen molar-refractivity contribution in [3.63, 3.8) is 0 Å². The maximum atomic E-state index is 5.75. The summed E-state index contributed by atoms with van der Waals surface area (Å²) < 4.78 is 10.7. The maximum Gasteiger partial charge on any atom is 0.243 e. The van der Waals surface area contributed by atoms with E-state index in [2.05, 4.69) is 30.8 Å². The summed E-state index contributed by atoms with van der Waals surface area (Å²) in [4.78, 5) is 0. The van der Waals surface area contributed by atoms with Crippen molar-refractivity contribution in [2.24, 2.45) is 0 Å². The van der Waals surface area contributed by atoms with Crippen LogP contribution in [0.15, 0.2) is 30.3 Å². The van der Waals surface area contributed by atoms with Gasteiger partial charge >= 0.3 is 0 Å². The van der Waals surface area contributed by atoms with E-state index in [9.17, 15) is 0 Å². The average Bonchev–Trinajstić information content (AvgIpc) is 2.25. The molecule has 0 bridgehead atoms. The van der Waals surface area contributed by atoms with Gasteiger partial charge in [-0.1, -0.05) is 30.3 Å². The molecule has 14 heavy (non-hydrogen) atoms. The fourth-order valence-electron chi connectivity index (χ4n) is 1.18. The van der Waals surface area contributed by atoms with Crippen LogP contribution in [0.25, 0.3) is 0 Å². The lowest BCUT2D eigenvalue weighted by Gasteiger charge is -2.10. The van der Waals surface area contributed by atoms with Crippen LogP contribution in [0.1, 0.15) is 6.42 Å². The summed E-state index contributed by atoms with van der Waals surface area (Å²) in [6.07, 6.45) is 0.978. The van der Waals surface area contributed by atoms with Crippen molar-refractivity contribution in [3.05, 3.63) is 30.3 Å². The molecule has 1 aromatic rings. The normalized spacial score (nSPS) is 10.8. The summed E-state index contributed by atoms with van der Waals surface area (Å²) in [6.45, 7) is 3.75. The van der Waals surface area contributed by atoms with Crippen LogP contribution in [0.3, 0.4) is 0 Å². The Morgan fingerprint density at radius 3 is 2.50 bits per heavy atom. The molecule has 1 rings (SSSR count). The molecule has 0 saturated carbocycles. The minimum Gasteiger partial charge on any atom is -0.412 e. The maximum absolute atomic E-state index is 5.75. The summed E-state index contributed by atoms with van der Waals surface area (Å²) in [5, 5.41) is 1.33. The quantitative estimate of drug-likeness (QED) is 0.523. The van der Waals surface area contributed by atoms with E-state index in [0.717, 1.165) is 19.6 Å². The first kappa shape index (κ1) is 11.4. The van der Waals surface area contributed by atoms with Gasteiger partial charge < -0.3 is 9.16 Å². The Balaban J connectivity index is 2.25. The van der Waals surface area contributed by atoms with Crippen LogP contribution in [-0.4, -0.2) is 29.4 Å². The first-order valence-corrected chi connectivity index (χ1v) is 6.76. The Labute approximate surface area is 87.6 Å². The molecule has 0 amide bonds. The molecule has 0 atom stereocenters. The second-order valence-electron chi connectivity index (χ2n) is 3.12. The highest BCUT2D eigenvalue weighted by Gasteiger charge is 2.07. The molecule has 0 fully saturated rings. The fraction of sp³-hybridized carbons (Fsp3) is 0.455. The Morgan fingerprint density at radius 2 is 1.86 bits per heavy atom. The minimum atomic E-state index is -0.803. The molecule has 0 aliphatic heterocycles. The van der Waals surface area contributed by atoms with Crippen LogP contribution in [0.4, 0.5) is 0 Å². The van der Waals surface area contributed by atoms with Gasteiger partial charge in [0.2, 0.25) is 9.04 Å². The largest absolute Gasteiger partial charge is 0.412 e. The van der Waals surface area contributed by atoms with Crippen molar-refractivity contribution in [1.29, 1.82) is 0 Å². The minimum absolute atomic E-state index is 0.782. The van der Waals surface area contributed by atoms with Crippen LogP contribution in [0.2, 0.25) is 6.55 Å². The summed E-state index contributed by atoms with van der Waals surface area (Å²) >= 11 is 0. The van der Waals surface area contributed by atoms with E-state index in [1.807, 2.05) is 6.07 Å². The van der Waals surface area contributed by atoms with E-state index >= 15 is 0 Å². The van der Waals surface area contributed by atoms with E-state index in [1.54, 1.807) is 7.11 Å². The molecule has 0 saturated heterocycles. The highest BCUT2D eigenvalue weighted by Crippen LogP contribution is 1.92. The van der Waals surface area contributed by atoms with Crippen LogP contribution in [0.5, 0.6) is 0 Å². The van der Waals surface area contributed by atoms with Gasteiger partial charge in [-0.25, -0.2) is 0 Å². The molecule has 1 aromatic carbocycles. The van der Waals surface area contributed by atoms with E-state index < -0.39 is 9.04 Å². The SMILES string of the molecule is COCCCO[Si](C)c1ccccc1. The molecule has 0 aliphatic carbocycles. The first-order chi connectivity index (χ1) is 6.84. The monoisotopic (exact) mass is 209 g/mol. The lowest BCUT2D eigenvalue weighted by atomic mass is 10.4. The van der Waals surface area contributed by atoms with Crippen molar-refractivity contribution < 1.29 is 9.16 Å². The number of ether oxygens (including phenoxy) is 1. The van der Waals surface area contributed by atoms with Crippen molar-refractivity contribution in [1.82, 2.24) is 0 Å². The number of rotatable bonds is 6. The first-order valence-electron chi connectivity index (χ1n) is 4.85. The van der Waals surface area contributed by atoms with Crippen molar-refractivity contribution in [2.75, 3.05) is 20.3 Å². The Kier molecular flexibility index (Phi) is 5.52. The van der Waals surface area contributed by atoms with Gasteiger partial charge in [0.1, 0.15) is 0 Å². The van der Waals surface area contributed by atoms with Crippen molar-refractivity contribution >= 4 is 14.2 Å². The van der Waals surface area contributed by atoms with Crippen LogP contribution >= 0.6 is 0 Å². The molecule has 0 aromatic heterocycles. The smallest absolute Gasteiger partial charge is 0.243 e. The van der Waals surface area contributed by atoms with E-state index in [-0.39, 0.29) is 0 Å². The van der Waals surface area contributed by atoms with Gasteiger partial charge in [0, 0.05) is 20.3 Å². The lowest BCUT2D eigenvalue weighted by molar-refractivity contribution is 0.173. The topological polar surface area (TPSA) is 18.5 Å². The van der Waals surface area contributed by atoms with Gasteiger partial charge in [0.25, 0.3) is 0 Å². The standard InChI is InChI=1S/C11H17O2Si/c1-12-9-6-10-13-14(2)11-7-4-3-5-8-11/h3-5,7-8H,6,9-10H2,1-2H3. The second kappa shape index (κ2) is 6.76. The van der Waals surface area contributed by atoms with Gasteiger partial charge in [-0.3, -0.25) is 0 Å². The Morgan fingerprint density at radius 1 is 1.14 bits per heavy atom. The predicted octanol–water partition coefficient (Wildman–Crippen LogP) is 1.57. The molecule has 77 valence electrons.